The number of hydrogen-bond donors (Lipinski definition) is 1. The fourth-order valence-corrected chi connectivity index (χ4v) is 2.47. The highest BCUT2D eigenvalue weighted by Crippen LogP contribution is 2.28. The van der Waals surface area contributed by atoms with E-state index in [-0.39, 0.29) is 11.6 Å². The first-order valence-electron chi connectivity index (χ1n) is 6.06. The fraction of sp³-hybridized carbons (Fsp3) is 0.0714. The second-order valence-corrected chi connectivity index (χ2v) is 5.00. The largest absolute Gasteiger partial charge is 0.481 e. The summed E-state index contributed by atoms with van der Waals surface area (Å²) in [6.45, 7) is 0. The van der Waals surface area contributed by atoms with Crippen molar-refractivity contribution in [2.45, 2.75) is 0 Å². The van der Waals surface area contributed by atoms with Gasteiger partial charge < -0.3 is 14.5 Å². The summed E-state index contributed by atoms with van der Waals surface area (Å²) in [7, 11) is 1.53. The van der Waals surface area contributed by atoms with E-state index in [0.717, 1.165) is 4.88 Å². The minimum absolute atomic E-state index is 0.244. The minimum Gasteiger partial charge on any atom is -0.481 e. The van der Waals surface area contributed by atoms with Gasteiger partial charge in [0.05, 0.1) is 23.9 Å². The highest BCUT2D eigenvalue weighted by atomic mass is 32.1. The number of amides is 1. The van der Waals surface area contributed by atoms with E-state index in [1.54, 1.807) is 12.1 Å². The Morgan fingerprint density at radius 2 is 2.24 bits per heavy atom. The Labute approximate surface area is 124 Å². The Morgan fingerprint density at radius 1 is 1.33 bits per heavy atom. The van der Waals surface area contributed by atoms with Crippen LogP contribution in [0.5, 0.6) is 5.88 Å². The van der Waals surface area contributed by atoms with Crippen LogP contribution in [0.15, 0.2) is 46.7 Å². The van der Waals surface area contributed by atoms with Crippen molar-refractivity contribution in [1.29, 1.82) is 0 Å². The number of pyridine rings is 1. The maximum Gasteiger partial charge on any atom is 0.278 e. The van der Waals surface area contributed by atoms with E-state index in [9.17, 15) is 4.79 Å². The van der Waals surface area contributed by atoms with Gasteiger partial charge >= 0.3 is 0 Å². The highest BCUT2D eigenvalue weighted by Gasteiger charge is 2.19. The third-order valence-corrected chi connectivity index (χ3v) is 3.60. The molecule has 7 heteroatoms. The molecule has 0 aliphatic carbocycles. The Balaban J connectivity index is 1.81. The molecular weight excluding hydrogens is 290 g/mol. The molecule has 0 radical (unpaired) electrons. The normalized spacial score (nSPS) is 10.3. The third-order valence-electron chi connectivity index (χ3n) is 2.73. The van der Waals surface area contributed by atoms with Crippen LogP contribution in [-0.4, -0.2) is 23.0 Å². The van der Waals surface area contributed by atoms with Gasteiger partial charge in [-0.1, -0.05) is 6.07 Å². The molecule has 0 bridgehead atoms. The van der Waals surface area contributed by atoms with Crippen LogP contribution in [0.1, 0.15) is 10.5 Å². The lowest BCUT2D eigenvalue weighted by Crippen LogP contribution is -2.13. The van der Waals surface area contributed by atoms with Gasteiger partial charge in [0.1, 0.15) is 0 Å². The number of carbonyl (C=O) groups excluding carboxylic acids is 1. The smallest absolute Gasteiger partial charge is 0.278 e. The fourth-order valence-electron chi connectivity index (χ4n) is 1.76. The lowest BCUT2D eigenvalue weighted by molar-refractivity contribution is 0.102. The van der Waals surface area contributed by atoms with Crippen LogP contribution >= 0.6 is 11.3 Å². The summed E-state index contributed by atoms with van der Waals surface area (Å²) in [4.78, 5) is 21.1. The number of rotatable bonds is 4. The van der Waals surface area contributed by atoms with Gasteiger partial charge in [-0.2, -0.15) is 0 Å². The molecule has 0 saturated carbocycles. The highest BCUT2D eigenvalue weighted by molar-refractivity contribution is 7.13. The average Bonchev–Trinajstić information content (AvgIpc) is 3.18. The second-order valence-electron chi connectivity index (χ2n) is 4.05. The van der Waals surface area contributed by atoms with Crippen LogP contribution in [0.25, 0.3) is 10.6 Å². The SMILES string of the molecule is COc1ccc(NC(=O)c2ncoc2-c2cccs2)cn1. The molecule has 6 nitrogen and oxygen atoms in total. The number of ether oxygens (including phenoxy) is 1. The molecule has 0 aliphatic rings. The first-order chi connectivity index (χ1) is 10.3. The van der Waals surface area contributed by atoms with E-state index in [0.29, 0.717) is 17.3 Å². The Bertz CT molecular complexity index is 735. The van der Waals surface area contributed by atoms with Crippen molar-refractivity contribution in [3.05, 3.63) is 47.9 Å². The van der Waals surface area contributed by atoms with Gasteiger partial charge in [0, 0.05) is 6.07 Å². The van der Waals surface area contributed by atoms with E-state index >= 15 is 0 Å². The van der Waals surface area contributed by atoms with Gasteiger partial charge in [-0.05, 0) is 17.5 Å². The molecule has 3 aromatic rings. The van der Waals surface area contributed by atoms with Crippen LogP contribution in [0.2, 0.25) is 0 Å². The number of anilines is 1. The second kappa shape index (κ2) is 5.76. The van der Waals surface area contributed by atoms with E-state index in [1.165, 1.54) is 31.0 Å². The molecule has 0 spiro atoms. The van der Waals surface area contributed by atoms with Gasteiger partial charge in [-0.25, -0.2) is 9.97 Å². The van der Waals surface area contributed by atoms with E-state index in [1.807, 2.05) is 17.5 Å². The number of oxazole rings is 1. The van der Waals surface area contributed by atoms with Crippen molar-refractivity contribution in [3.63, 3.8) is 0 Å². The summed E-state index contributed by atoms with van der Waals surface area (Å²) in [5.74, 6) is 0.594. The summed E-state index contributed by atoms with van der Waals surface area (Å²) in [5.41, 5.74) is 0.800. The lowest BCUT2D eigenvalue weighted by Gasteiger charge is -2.04. The molecule has 3 aromatic heterocycles. The summed E-state index contributed by atoms with van der Waals surface area (Å²) < 4.78 is 10.3. The summed E-state index contributed by atoms with van der Waals surface area (Å²) in [5, 5.41) is 4.63. The van der Waals surface area contributed by atoms with Gasteiger partial charge in [-0.3, -0.25) is 4.79 Å². The predicted octanol–water partition coefficient (Wildman–Crippen LogP) is 3.06. The molecule has 106 valence electrons. The van der Waals surface area contributed by atoms with Crippen molar-refractivity contribution in [2.24, 2.45) is 0 Å². The molecule has 3 heterocycles. The van der Waals surface area contributed by atoms with Crippen LogP contribution < -0.4 is 10.1 Å². The molecule has 1 amide bonds. The molecule has 0 fully saturated rings. The topological polar surface area (TPSA) is 77.2 Å². The summed E-state index contributed by atoms with van der Waals surface area (Å²) >= 11 is 1.48. The number of aromatic nitrogens is 2. The van der Waals surface area contributed by atoms with Crippen molar-refractivity contribution in [3.8, 4) is 16.5 Å². The van der Waals surface area contributed by atoms with Gasteiger partial charge in [0.15, 0.2) is 17.8 Å². The zero-order valence-electron chi connectivity index (χ0n) is 11.1. The molecule has 0 atom stereocenters. The predicted molar refractivity (Wildman–Crippen MR) is 78.6 cm³/mol. The Kier molecular flexibility index (Phi) is 3.65. The monoisotopic (exact) mass is 301 g/mol. The van der Waals surface area contributed by atoms with E-state index in [2.05, 4.69) is 15.3 Å². The van der Waals surface area contributed by atoms with Gasteiger partial charge in [0.25, 0.3) is 5.91 Å². The summed E-state index contributed by atoms with van der Waals surface area (Å²) in [6, 6.07) is 7.13. The number of hydrogen-bond acceptors (Lipinski definition) is 6. The molecule has 0 aliphatic heterocycles. The summed E-state index contributed by atoms with van der Waals surface area (Å²) in [6.07, 6.45) is 2.78. The zero-order chi connectivity index (χ0) is 14.7. The Hall–Kier alpha value is -2.67. The van der Waals surface area contributed by atoms with Crippen LogP contribution in [-0.2, 0) is 0 Å². The standard InChI is InChI=1S/C14H11N3O3S/c1-19-11-5-4-9(7-15-11)17-14(18)12-13(20-8-16-12)10-3-2-6-21-10/h2-8H,1H3,(H,17,18). The van der Waals surface area contributed by atoms with Crippen LogP contribution in [0, 0.1) is 0 Å². The number of methoxy groups -OCH3 is 1. The van der Waals surface area contributed by atoms with Gasteiger partial charge in [-0.15, -0.1) is 11.3 Å². The first kappa shape index (κ1) is 13.3. The quantitative estimate of drug-likeness (QED) is 0.801. The maximum absolute atomic E-state index is 12.3. The third kappa shape index (κ3) is 2.77. The molecule has 0 aromatic carbocycles. The van der Waals surface area contributed by atoms with E-state index in [4.69, 9.17) is 9.15 Å². The Morgan fingerprint density at radius 3 is 2.90 bits per heavy atom. The molecule has 1 N–H and O–H groups in total. The number of carbonyl (C=O) groups is 1. The van der Waals surface area contributed by atoms with Crippen molar-refractivity contribution < 1.29 is 13.9 Å². The maximum atomic E-state index is 12.3. The average molecular weight is 301 g/mol. The molecule has 0 saturated heterocycles. The molecule has 0 unspecified atom stereocenters. The molecule has 3 rings (SSSR count). The van der Waals surface area contributed by atoms with Crippen LogP contribution in [0.4, 0.5) is 5.69 Å². The first-order valence-corrected chi connectivity index (χ1v) is 6.94. The van der Waals surface area contributed by atoms with E-state index < -0.39 is 0 Å². The number of nitrogens with one attached hydrogen (secondary N) is 1. The van der Waals surface area contributed by atoms with Crippen LogP contribution in [0.3, 0.4) is 0 Å². The van der Waals surface area contributed by atoms with Crippen molar-refractivity contribution >= 4 is 22.9 Å². The number of nitrogens with zero attached hydrogens (tertiary/aromatic N) is 2. The van der Waals surface area contributed by atoms with Crippen molar-refractivity contribution in [2.75, 3.05) is 12.4 Å². The zero-order valence-corrected chi connectivity index (χ0v) is 11.9. The van der Waals surface area contributed by atoms with Crippen molar-refractivity contribution in [1.82, 2.24) is 9.97 Å². The molecular formula is C14H11N3O3S. The molecule has 21 heavy (non-hydrogen) atoms. The minimum atomic E-state index is -0.348. The lowest BCUT2D eigenvalue weighted by atomic mass is 10.2. The van der Waals surface area contributed by atoms with Gasteiger partial charge in [0.2, 0.25) is 5.88 Å². The number of thiophene rings is 1.